The van der Waals surface area contributed by atoms with Gasteiger partial charge in [-0.15, -0.1) is 0 Å². The fourth-order valence-corrected chi connectivity index (χ4v) is 3.22. The average Bonchev–Trinajstić information content (AvgIpc) is 2.55. The lowest BCUT2D eigenvalue weighted by Crippen LogP contribution is -2.43. The van der Waals surface area contributed by atoms with Crippen molar-refractivity contribution in [3.8, 4) is 11.5 Å². The van der Waals surface area contributed by atoms with E-state index in [1.807, 2.05) is 48.5 Å². The lowest BCUT2D eigenvalue weighted by molar-refractivity contribution is 0.0993. The van der Waals surface area contributed by atoms with Crippen molar-refractivity contribution in [3.63, 3.8) is 0 Å². The van der Waals surface area contributed by atoms with Crippen molar-refractivity contribution < 1.29 is 14.0 Å². The number of rotatable bonds is 6. The Kier molecular flexibility index (Phi) is 5.73. The van der Waals surface area contributed by atoms with E-state index in [0.717, 1.165) is 17.1 Å². The molecule has 0 aliphatic carbocycles. The Hall–Kier alpha value is -2.07. The fourth-order valence-electron chi connectivity index (χ4n) is 2.19. The standard InChI is InChI=1S/C21H28O3Si/c1-21(2,3)25(5,6)24-19-13-9-17(10-14-19)20(22)15-16-7-11-18(23-4)12-8-16/h7-14H,15H2,1-6H3. The molecule has 2 aromatic rings. The van der Waals surface area contributed by atoms with Crippen molar-refractivity contribution in [1.29, 1.82) is 0 Å². The molecule has 0 saturated heterocycles. The van der Waals surface area contributed by atoms with Gasteiger partial charge in [0.15, 0.2) is 5.78 Å². The molecule has 0 amide bonds. The maximum absolute atomic E-state index is 12.5. The van der Waals surface area contributed by atoms with Crippen LogP contribution in [-0.4, -0.2) is 21.2 Å². The molecule has 3 nitrogen and oxygen atoms in total. The highest BCUT2D eigenvalue weighted by Crippen LogP contribution is 2.37. The Morgan fingerprint density at radius 2 is 1.44 bits per heavy atom. The summed E-state index contributed by atoms with van der Waals surface area (Å²) in [6, 6.07) is 15.1. The van der Waals surface area contributed by atoms with Crippen LogP contribution in [0.4, 0.5) is 0 Å². The summed E-state index contributed by atoms with van der Waals surface area (Å²) in [4.78, 5) is 12.5. The number of ketones is 1. The van der Waals surface area contributed by atoms with Crippen molar-refractivity contribution in [2.45, 2.75) is 45.3 Å². The summed E-state index contributed by atoms with van der Waals surface area (Å²) in [5.41, 5.74) is 1.69. The number of carbonyl (C=O) groups excluding carboxylic acids is 1. The average molecular weight is 357 g/mol. The third-order valence-corrected chi connectivity index (χ3v) is 9.24. The van der Waals surface area contributed by atoms with Crippen LogP contribution in [0, 0.1) is 0 Å². The van der Waals surface area contributed by atoms with Crippen LogP contribution in [0.2, 0.25) is 18.1 Å². The SMILES string of the molecule is COc1ccc(CC(=O)c2ccc(O[Si](C)(C)C(C)(C)C)cc2)cc1. The van der Waals surface area contributed by atoms with Gasteiger partial charge in [0.1, 0.15) is 11.5 Å². The predicted octanol–water partition coefficient (Wildman–Crippen LogP) is 5.50. The molecular weight excluding hydrogens is 328 g/mol. The molecule has 25 heavy (non-hydrogen) atoms. The second kappa shape index (κ2) is 7.44. The molecule has 2 aromatic carbocycles. The lowest BCUT2D eigenvalue weighted by atomic mass is 10.0. The number of Topliss-reactive ketones (excluding diaryl/α,β-unsaturated/α-hetero) is 1. The molecule has 0 N–H and O–H groups in total. The number of carbonyl (C=O) groups is 1. The summed E-state index contributed by atoms with van der Waals surface area (Å²) in [6.07, 6.45) is 0.381. The van der Waals surface area contributed by atoms with E-state index >= 15 is 0 Å². The highest BCUT2D eigenvalue weighted by molar-refractivity contribution is 6.74. The van der Waals surface area contributed by atoms with Crippen LogP contribution in [0.15, 0.2) is 48.5 Å². The summed E-state index contributed by atoms with van der Waals surface area (Å²) in [5, 5.41) is 0.149. The van der Waals surface area contributed by atoms with Crippen LogP contribution in [0.5, 0.6) is 11.5 Å². The number of ether oxygens (including phenoxy) is 1. The van der Waals surface area contributed by atoms with E-state index in [0.29, 0.717) is 12.0 Å². The molecular formula is C21H28O3Si. The van der Waals surface area contributed by atoms with Gasteiger partial charge in [-0.05, 0) is 60.1 Å². The minimum absolute atomic E-state index is 0.101. The molecule has 0 heterocycles. The first-order valence-corrected chi connectivity index (χ1v) is 11.5. The third kappa shape index (κ3) is 4.95. The van der Waals surface area contributed by atoms with Crippen LogP contribution in [0.1, 0.15) is 36.7 Å². The van der Waals surface area contributed by atoms with E-state index in [9.17, 15) is 4.79 Å². The van der Waals surface area contributed by atoms with Gasteiger partial charge < -0.3 is 9.16 Å². The smallest absolute Gasteiger partial charge is 0.250 e. The van der Waals surface area contributed by atoms with Gasteiger partial charge in [-0.1, -0.05) is 32.9 Å². The Morgan fingerprint density at radius 3 is 1.92 bits per heavy atom. The van der Waals surface area contributed by atoms with E-state index < -0.39 is 8.32 Å². The molecule has 0 radical (unpaired) electrons. The third-order valence-electron chi connectivity index (χ3n) is 4.88. The monoisotopic (exact) mass is 356 g/mol. The van der Waals surface area contributed by atoms with Gasteiger partial charge in [-0.2, -0.15) is 0 Å². The molecule has 0 spiro atoms. The largest absolute Gasteiger partial charge is 0.544 e. The van der Waals surface area contributed by atoms with Crippen LogP contribution in [0.25, 0.3) is 0 Å². The molecule has 0 fully saturated rings. The quantitative estimate of drug-likeness (QED) is 0.506. The van der Waals surface area contributed by atoms with Crippen molar-refractivity contribution in [2.24, 2.45) is 0 Å². The second-order valence-corrected chi connectivity index (χ2v) is 12.6. The molecule has 134 valence electrons. The summed E-state index contributed by atoms with van der Waals surface area (Å²) >= 11 is 0. The van der Waals surface area contributed by atoms with Crippen LogP contribution in [0.3, 0.4) is 0 Å². The minimum atomic E-state index is -1.86. The van der Waals surface area contributed by atoms with Crippen LogP contribution < -0.4 is 9.16 Å². The Labute approximate surface area is 152 Å². The van der Waals surface area contributed by atoms with Crippen molar-refractivity contribution >= 4 is 14.1 Å². The Balaban J connectivity index is 2.04. The van der Waals surface area contributed by atoms with Crippen molar-refractivity contribution in [3.05, 3.63) is 59.7 Å². The zero-order chi connectivity index (χ0) is 18.7. The van der Waals surface area contributed by atoms with Gasteiger partial charge in [0.25, 0.3) is 0 Å². The van der Waals surface area contributed by atoms with E-state index in [2.05, 4.69) is 33.9 Å². The van der Waals surface area contributed by atoms with Crippen LogP contribution in [-0.2, 0) is 6.42 Å². The van der Waals surface area contributed by atoms with Gasteiger partial charge >= 0.3 is 0 Å². The summed E-state index contributed by atoms with van der Waals surface area (Å²) in [6.45, 7) is 11.1. The first kappa shape index (κ1) is 19.3. The second-order valence-electron chi connectivity index (χ2n) is 7.83. The van der Waals surface area contributed by atoms with Crippen molar-refractivity contribution in [1.82, 2.24) is 0 Å². The minimum Gasteiger partial charge on any atom is -0.544 e. The first-order valence-electron chi connectivity index (χ1n) is 8.57. The van der Waals surface area contributed by atoms with Crippen LogP contribution >= 0.6 is 0 Å². The molecule has 0 unspecified atom stereocenters. The van der Waals surface area contributed by atoms with Gasteiger partial charge in [0.2, 0.25) is 8.32 Å². The van der Waals surface area contributed by atoms with Gasteiger partial charge in [0, 0.05) is 12.0 Å². The maximum atomic E-state index is 12.5. The molecule has 0 aromatic heterocycles. The topological polar surface area (TPSA) is 35.5 Å². The molecule has 0 saturated carbocycles. The summed E-state index contributed by atoms with van der Waals surface area (Å²) < 4.78 is 11.4. The number of hydrogen-bond donors (Lipinski definition) is 0. The van der Waals surface area contributed by atoms with Crippen molar-refractivity contribution in [2.75, 3.05) is 7.11 Å². The lowest BCUT2D eigenvalue weighted by Gasteiger charge is -2.36. The molecule has 0 atom stereocenters. The molecule has 0 aliphatic rings. The summed E-state index contributed by atoms with van der Waals surface area (Å²) in [7, 11) is -0.225. The van der Waals surface area contributed by atoms with Gasteiger partial charge in [-0.3, -0.25) is 4.79 Å². The number of hydrogen-bond acceptors (Lipinski definition) is 3. The normalized spacial score (nSPS) is 11.9. The van der Waals surface area contributed by atoms with E-state index in [4.69, 9.17) is 9.16 Å². The van der Waals surface area contributed by atoms with Gasteiger partial charge in [-0.25, -0.2) is 0 Å². The zero-order valence-electron chi connectivity index (χ0n) is 16.1. The van der Waals surface area contributed by atoms with E-state index in [1.165, 1.54) is 0 Å². The fraction of sp³-hybridized carbons (Fsp3) is 0.381. The molecule has 2 rings (SSSR count). The maximum Gasteiger partial charge on any atom is 0.250 e. The predicted molar refractivity (Wildman–Crippen MR) is 105 cm³/mol. The van der Waals surface area contributed by atoms with E-state index in [-0.39, 0.29) is 10.8 Å². The Bertz CT molecular complexity index is 710. The Morgan fingerprint density at radius 1 is 0.920 bits per heavy atom. The molecule has 0 bridgehead atoms. The molecule has 4 heteroatoms. The first-order chi connectivity index (χ1) is 11.6. The zero-order valence-corrected chi connectivity index (χ0v) is 17.1. The van der Waals surface area contributed by atoms with E-state index in [1.54, 1.807) is 7.11 Å². The highest BCUT2D eigenvalue weighted by atomic mass is 28.4. The summed E-state index contributed by atoms with van der Waals surface area (Å²) in [5.74, 6) is 1.74. The highest BCUT2D eigenvalue weighted by Gasteiger charge is 2.38. The van der Waals surface area contributed by atoms with Gasteiger partial charge in [0.05, 0.1) is 7.11 Å². The molecule has 0 aliphatic heterocycles. The number of methoxy groups -OCH3 is 1. The number of benzene rings is 2.